The van der Waals surface area contributed by atoms with Crippen molar-refractivity contribution in [2.45, 2.75) is 51.0 Å². The van der Waals surface area contributed by atoms with E-state index in [1.807, 2.05) is 19.1 Å². The lowest BCUT2D eigenvalue weighted by Crippen LogP contribution is -2.42. The molecule has 0 heterocycles. The van der Waals surface area contributed by atoms with Gasteiger partial charge in [0, 0.05) is 25.6 Å². The molecular weight excluding hydrogens is 326 g/mol. The second kappa shape index (κ2) is 7.63. The molecule has 0 radical (unpaired) electrons. The number of hydrogen-bond donors (Lipinski definition) is 3. The molecule has 24 heavy (non-hydrogen) atoms. The van der Waals surface area contributed by atoms with E-state index in [-0.39, 0.29) is 24.9 Å². The molecule has 4 N–H and O–H groups in total. The van der Waals surface area contributed by atoms with Gasteiger partial charge in [0.1, 0.15) is 0 Å². The van der Waals surface area contributed by atoms with Gasteiger partial charge in [-0.2, -0.15) is 0 Å². The molecule has 1 amide bonds. The summed E-state index contributed by atoms with van der Waals surface area (Å²) in [7, 11) is -3.63. The number of sulfonamides is 1. The van der Waals surface area contributed by atoms with Gasteiger partial charge in [0.15, 0.2) is 0 Å². The Morgan fingerprint density at radius 1 is 1.25 bits per heavy atom. The molecule has 1 aromatic carbocycles. The molecule has 0 aliphatic heterocycles. The van der Waals surface area contributed by atoms with E-state index in [9.17, 15) is 13.2 Å². The van der Waals surface area contributed by atoms with Gasteiger partial charge in [-0.1, -0.05) is 17.7 Å². The average molecular weight is 353 g/mol. The number of nitrogens with two attached hydrogens (primary N) is 1. The highest BCUT2D eigenvalue weighted by molar-refractivity contribution is 7.89. The van der Waals surface area contributed by atoms with Crippen LogP contribution in [0.1, 0.15) is 36.0 Å². The summed E-state index contributed by atoms with van der Waals surface area (Å²) in [5.41, 5.74) is 8.10. The van der Waals surface area contributed by atoms with Crippen LogP contribution < -0.4 is 15.8 Å². The topological polar surface area (TPSA) is 101 Å². The lowest BCUT2D eigenvalue weighted by molar-refractivity contribution is -0.121. The van der Waals surface area contributed by atoms with Crippen LogP contribution in [0.25, 0.3) is 0 Å². The van der Waals surface area contributed by atoms with Gasteiger partial charge in [-0.3, -0.25) is 4.79 Å². The molecule has 0 aromatic heterocycles. The molecule has 1 aliphatic carbocycles. The molecule has 134 valence electrons. The smallest absolute Gasteiger partial charge is 0.241 e. The van der Waals surface area contributed by atoms with Crippen LogP contribution in [0.4, 0.5) is 0 Å². The quantitative estimate of drug-likeness (QED) is 0.652. The van der Waals surface area contributed by atoms with E-state index in [4.69, 9.17) is 5.73 Å². The predicted octanol–water partition coefficient (Wildman–Crippen LogP) is 1.13. The summed E-state index contributed by atoms with van der Waals surface area (Å²) in [6.07, 6.45) is 2.30. The van der Waals surface area contributed by atoms with Gasteiger partial charge in [0.2, 0.25) is 15.9 Å². The molecule has 1 aliphatic rings. The Morgan fingerprint density at radius 3 is 2.33 bits per heavy atom. The fourth-order valence-electron chi connectivity index (χ4n) is 3.11. The van der Waals surface area contributed by atoms with Gasteiger partial charge in [-0.25, -0.2) is 13.1 Å². The van der Waals surface area contributed by atoms with Crippen molar-refractivity contribution in [1.82, 2.24) is 10.0 Å². The predicted molar refractivity (Wildman–Crippen MR) is 94.2 cm³/mol. The van der Waals surface area contributed by atoms with E-state index < -0.39 is 10.0 Å². The van der Waals surface area contributed by atoms with Crippen molar-refractivity contribution >= 4 is 15.9 Å². The fourth-order valence-corrected chi connectivity index (χ4v) is 4.59. The van der Waals surface area contributed by atoms with Crippen molar-refractivity contribution < 1.29 is 13.2 Å². The van der Waals surface area contributed by atoms with Gasteiger partial charge < -0.3 is 11.1 Å². The number of aryl methyl sites for hydroxylation is 3. The van der Waals surface area contributed by atoms with E-state index in [0.29, 0.717) is 28.5 Å². The van der Waals surface area contributed by atoms with E-state index in [2.05, 4.69) is 10.0 Å². The number of carbonyl (C=O) groups is 1. The number of amides is 1. The van der Waals surface area contributed by atoms with Gasteiger partial charge in [-0.15, -0.1) is 0 Å². The molecule has 1 aromatic rings. The highest BCUT2D eigenvalue weighted by Gasteiger charge is 2.31. The number of nitrogens with one attached hydrogen (secondary N) is 2. The third-order valence-electron chi connectivity index (χ3n) is 4.31. The average Bonchev–Trinajstić information content (AvgIpc) is 3.27. The maximum atomic E-state index is 12.5. The molecule has 2 rings (SSSR count). The monoisotopic (exact) mass is 353 g/mol. The minimum atomic E-state index is -3.63. The van der Waals surface area contributed by atoms with Crippen LogP contribution in [0.15, 0.2) is 17.0 Å². The summed E-state index contributed by atoms with van der Waals surface area (Å²) in [6.45, 7) is 5.99. The Kier molecular flexibility index (Phi) is 6.01. The maximum absolute atomic E-state index is 12.5. The van der Waals surface area contributed by atoms with Crippen molar-refractivity contribution in [3.63, 3.8) is 0 Å². The van der Waals surface area contributed by atoms with Crippen LogP contribution in [0, 0.1) is 26.7 Å². The van der Waals surface area contributed by atoms with Gasteiger partial charge in [0.25, 0.3) is 0 Å². The van der Waals surface area contributed by atoms with E-state index >= 15 is 0 Å². The summed E-state index contributed by atoms with van der Waals surface area (Å²) in [6, 6.07) is 3.70. The molecule has 7 heteroatoms. The Labute approximate surface area is 144 Å². The molecular formula is C17H27N3O3S. The van der Waals surface area contributed by atoms with Crippen molar-refractivity contribution in [3.05, 3.63) is 28.8 Å². The molecule has 1 atom stereocenters. The van der Waals surface area contributed by atoms with E-state index in [1.54, 1.807) is 13.8 Å². The van der Waals surface area contributed by atoms with Crippen LogP contribution >= 0.6 is 0 Å². The third-order valence-corrected chi connectivity index (χ3v) is 6.07. The van der Waals surface area contributed by atoms with Crippen molar-refractivity contribution in [2.75, 3.05) is 13.1 Å². The zero-order valence-corrected chi connectivity index (χ0v) is 15.4. The minimum absolute atomic E-state index is 0.00990. The Balaban J connectivity index is 1.92. The van der Waals surface area contributed by atoms with E-state index in [1.165, 1.54) is 0 Å². The van der Waals surface area contributed by atoms with Crippen molar-refractivity contribution in [2.24, 2.45) is 11.7 Å². The standard InChI is InChI=1S/C17H27N3O3S/c1-11-8-12(2)17(13(3)9-11)24(22,23)19-7-6-16(21)20-15(10-18)14-4-5-14/h8-9,14-15,19H,4-7,10,18H2,1-3H3,(H,20,21). The minimum Gasteiger partial charge on any atom is -0.352 e. The second-order valence-corrected chi connectivity index (χ2v) is 8.33. The lowest BCUT2D eigenvalue weighted by Gasteiger charge is -2.16. The number of hydrogen-bond acceptors (Lipinski definition) is 4. The first-order valence-corrected chi connectivity index (χ1v) is 9.80. The number of rotatable bonds is 8. The normalized spacial score (nSPS) is 16.0. The van der Waals surface area contributed by atoms with Crippen LogP contribution in [-0.4, -0.2) is 33.5 Å². The largest absolute Gasteiger partial charge is 0.352 e. The zero-order chi connectivity index (χ0) is 17.9. The molecule has 0 bridgehead atoms. The van der Waals surface area contributed by atoms with Crippen molar-refractivity contribution in [3.8, 4) is 0 Å². The van der Waals surface area contributed by atoms with Crippen LogP contribution in [0.2, 0.25) is 0 Å². The van der Waals surface area contributed by atoms with E-state index in [0.717, 1.165) is 18.4 Å². The zero-order valence-electron chi connectivity index (χ0n) is 14.6. The van der Waals surface area contributed by atoms with Crippen molar-refractivity contribution in [1.29, 1.82) is 0 Å². The van der Waals surface area contributed by atoms with Gasteiger partial charge in [-0.05, 0) is 50.7 Å². The summed E-state index contributed by atoms with van der Waals surface area (Å²) < 4.78 is 27.5. The maximum Gasteiger partial charge on any atom is 0.241 e. The Hall–Kier alpha value is -1.44. The summed E-state index contributed by atoms with van der Waals surface area (Å²) >= 11 is 0. The summed E-state index contributed by atoms with van der Waals surface area (Å²) in [5, 5.41) is 2.89. The molecule has 1 unspecified atom stereocenters. The Morgan fingerprint density at radius 2 is 1.83 bits per heavy atom. The molecule has 0 spiro atoms. The molecule has 1 saturated carbocycles. The lowest BCUT2D eigenvalue weighted by atomic mass is 10.1. The van der Waals surface area contributed by atoms with Gasteiger partial charge >= 0.3 is 0 Å². The SMILES string of the molecule is Cc1cc(C)c(S(=O)(=O)NCCC(=O)NC(CN)C2CC2)c(C)c1. The van der Waals surface area contributed by atoms with Crippen LogP contribution in [-0.2, 0) is 14.8 Å². The summed E-state index contributed by atoms with van der Waals surface area (Å²) in [5.74, 6) is 0.311. The Bertz CT molecular complexity index is 689. The first-order chi connectivity index (χ1) is 11.2. The third kappa shape index (κ3) is 4.78. The highest BCUT2D eigenvalue weighted by Crippen LogP contribution is 2.32. The summed E-state index contributed by atoms with van der Waals surface area (Å²) in [4.78, 5) is 12.2. The molecule has 6 nitrogen and oxygen atoms in total. The first-order valence-electron chi connectivity index (χ1n) is 8.31. The number of carbonyl (C=O) groups excluding carboxylic acids is 1. The van der Waals surface area contributed by atoms with Crippen LogP contribution in [0.5, 0.6) is 0 Å². The molecule has 1 fully saturated rings. The van der Waals surface area contributed by atoms with Gasteiger partial charge in [0.05, 0.1) is 4.90 Å². The fraction of sp³-hybridized carbons (Fsp3) is 0.588. The molecule has 0 saturated heterocycles. The first kappa shape index (κ1) is 18.9. The highest BCUT2D eigenvalue weighted by atomic mass is 32.2. The number of benzene rings is 1. The second-order valence-electron chi connectivity index (χ2n) is 6.62. The van der Waals surface area contributed by atoms with Crippen LogP contribution in [0.3, 0.4) is 0 Å².